The normalized spacial score (nSPS) is 11.2. The van der Waals surface area contributed by atoms with Crippen LogP contribution in [0.15, 0.2) is 87.9 Å². The van der Waals surface area contributed by atoms with Gasteiger partial charge in [-0.2, -0.15) is 0 Å². The molecule has 2 heterocycles. The van der Waals surface area contributed by atoms with E-state index in [1.165, 1.54) is 12.1 Å². The highest BCUT2D eigenvalue weighted by atomic mass is 19.1. The summed E-state index contributed by atoms with van der Waals surface area (Å²) < 4.78 is 38.8. The van der Waals surface area contributed by atoms with Crippen molar-refractivity contribution in [3.05, 3.63) is 119 Å². The average molecular weight is 479 g/mol. The summed E-state index contributed by atoms with van der Waals surface area (Å²) in [5.41, 5.74) is 1.57. The molecule has 2 aromatic carbocycles. The van der Waals surface area contributed by atoms with E-state index in [9.17, 15) is 13.6 Å². The Balaban J connectivity index is 1.51. The zero-order valence-corrected chi connectivity index (χ0v) is 19.6. The molecule has 0 aliphatic heterocycles. The molecule has 0 fully saturated rings. The average Bonchev–Trinajstić information content (AvgIpc) is 3.48. The lowest BCUT2D eigenvalue weighted by molar-refractivity contribution is -0.133. The minimum absolute atomic E-state index is 0.0489. The van der Waals surface area contributed by atoms with Gasteiger partial charge in [0.25, 0.3) is 0 Å². The molecule has 0 saturated heterocycles. The summed E-state index contributed by atoms with van der Waals surface area (Å²) in [6.07, 6.45) is 2.25. The van der Waals surface area contributed by atoms with Crippen molar-refractivity contribution in [3.63, 3.8) is 0 Å². The number of hydrogen-bond donors (Lipinski definition) is 0. The second-order valence-electron chi connectivity index (χ2n) is 8.57. The fourth-order valence-corrected chi connectivity index (χ4v) is 4.00. The third-order valence-corrected chi connectivity index (χ3v) is 5.66. The molecular weight excluding hydrogens is 450 g/mol. The van der Waals surface area contributed by atoms with Crippen LogP contribution in [-0.4, -0.2) is 28.8 Å². The van der Waals surface area contributed by atoms with Crippen LogP contribution in [0.2, 0.25) is 0 Å². The summed E-state index contributed by atoms with van der Waals surface area (Å²) in [6.45, 7) is 3.27. The van der Waals surface area contributed by atoms with Crippen molar-refractivity contribution in [1.82, 2.24) is 9.80 Å². The van der Waals surface area contributed by atoms with Crippen molar-refractivity contribution < 1.29 is 22.4 Å². The highest BCUT2D eigenvalue weighted by Crippen LogP contribution is 2.16. The fourth-order valence-electron chi connectivity index (χ4n) is 4.00. The van der Waals surface area contributed by atoms with Crippen molar-refractivity contribution in [3.8, 4) is 0 Å². The quantitative estimate of drug-likeness (QED) is 0.276. The first-order valence-corrected chi connectivity index (χ1v) is 11.5. The molecular formula is C28H28F2N2O3. The summed E-state index contributed by atoms with van der Waals surface area (Å²) >= 11 is 0. The van der Waals surface area contributed by atoms with E-state index < -0.39 is 11.6 Å². The summed E-state index contributed by atoms with van der Waals surface area (Å²) in [7, 11) is 0. The number of hydrogen-bond acceptors (Lipinski definition) is 4. The highest BCUT2D eigenvalue weighted by Gasteiger charge is 2.21. The van der Waals surface area contributed by atoms with Gasteiger partial charge in [0.05, 0.1) is 25.9 Å². The minimum atomic E-state index is -0.651. The number of nitrogens with zero attached hydrogens (tertiary/aromatic N) is 2. The van der Waals surface area contributed by atoms with Crippen molar-refractivity contribution >= 4 is 5.91 Å². The molecule has 2 aromatic heterocycles. The smallest absolute Gasteiger partial charge is 0.237 e. The van der Waals surface area contributed by atoms with Crippen LogP contribution in [0.25, 0.3) is 0 Å². The Hall–Kier alpha value is -3.71. The molecule has 5 nitrogen and oxygen atoms in total. The Bertz CT molecular complexity index is 1200. The van der Waals surface area contributed by atoms with Gasteiger partial charge in [0, 0.05) is 19.2 Å². The fraction of sp³-hybridized carbons (Fsp3) is 0.250. The Morgan fingerprint density at radius 2 is 1.60 bits per heavy atom. The third-order valence-electron chi connectivity index (χ3n) is 5.66. The highest BCUT2D eigenvalue weighted by molar-refractivity contribution is 5.78. The largest absolute Gasteiger partial charge is 0.468 e. The lowest BCUT2D eigenvalue weighted by atomic mass is 10.1. The second kappa shape index (κ2) is 11.6. The summed E-state index contributed by atoms with van der Waals surface area (Å²) in [4.78, 5) is 17.1. The first kappa shape index (κ1) is 24.4. The Labute approximate surface area is 203 Å². The van der Waals surface area contributed by atoms with Gasteiger partial charge in [-0.05, 0) is 60.9 Å². The number of carbonyl (C=O) groups excluding carboxylic acids is 1. The topological polar surface area (TPSA) is 49.8 Å². The Morgan fingerprint density at radius 3 is 2.26 bits per heavy atom. The molecule has 0 spiro atoms. The molecule has 182 valence electrons. The van der Waals surface area contributed by atoms with Crippen molar-refractivity contribution in [2.75, 3.05) is 13.1 Å². The summed E-state index contributed by atoms with van der Waals surface area (Å²) in [6, 6.07) is 20.7. The van der Waals surface area contributed by atoms with Gasteiger partial charge in [-0.3, -0.25) is 9.69 Å². The predicted octanol–water partition coefficient (Wildman–Crippen LogP) is 5.73. The Morgan fingerprint density at radius 1 is 0.829 bits per heavy atom. The van der Waals surface area contributed by atoms with Gasteiger partial charge in [-0.1, -0.05) is 30.3 Å². The monoisotopic (exact) mass is 478 g/mol. The molecule has 0 unspecified atom stereocenters. The van der Waals surface area contributed by atoms with E-state index in [4.69, 9.17) is 8.83 Å². The maximum atomic E-state index is 13.8. The number of aryl methyl sites for hydroxylation is 1. The lowest BCUT2D eigenvalue weighted by Crippen LogP contribution is -2.40. The first-order chi connectivity index (χ1) is 16.9. The maximum absolute atomic E-state index is 13.8. The van der Waals surface area contributed by atoms with E-state index in [1.54, 1.807) is 17.2 Å². The van der Waals surface area contributed by atoms with E-state index in [-0.39, 0.29) is 19.0 Å². The van der Waals surface area contributed by atoms with Gasteiger partial charge in [-0.25, -0.2) is 8.78 Å². The molecule has 35 heavy (non-hydrogen) atoms. The van der Waals surface area contributed by atoms with Gasteiger partial charge >= 0.3 is 0 Å². The molecule has 0 saturated carbocycles. The zero-order chi connectivity index (χ0) is 24.6. The van der Waals surface area contributed by atoms with E-state index in [1.807, 2.05) is 60.4 Å². The first-order valence-electron chi connectivity index (χ1n) is 11.5. The van der Waals surface area contributed by atoms with Crippen molar-refractivity contribution in [2.45, 2.75) is 33.0 Å². The molecule has 0 aliphatic rings. The third kappa shape index (κ3) is 7.39. The number of halogens is 2. The van der Waals surface area contributed by atoms with Crippen LogP contribution in [-0.2, 0) is 30.8 Å². The molecule has 0 atom stereocenters. The van der Waals surface area contributed by atoms with Crippen LogP contribution >= 0.6 is 0 Å². The number of amides is 1. The molecule has 0 aliphatic carbocycles. The predicted molar refractivity (Wildman–Crippen MR) is 128 cm³/mol. The van der Waals surface area contributed by atoms with Gasteiger partial charge in [0.2, 0.25) is 5.91 Å². The Kier molecular flexibility index (Phi) is 8.11. The molecule has 4 rings (SSSR count). The van der Waals surface area contributed by atoms with Crippen LogP contribution in [0.1, 0.15) is 28.4 Å². The summed E-state index contributed by atoms with van der Waals surface area (Å²) in [5.74, 6) is 0.728. The standard InChI is InChI=1S/C28H28F2N2O3/c1-21-9-10-27(35-21)19-32(12-11-22-6-3-2-4-7-22)28(33)20-31(18-26-8-5-13-34-26)17-23-14-24(29)16-25(30)15-23/h2-10,13-16H,11-12,17-20H2,1H3. The summed E-state index contributed by atoms with van der Waals surface area (Å²) in [5, 5.41) is 0. The molecule has 1 amide bonds. The van der Waals surface area contributed by atoms with E-state index in [2.05, 4.69) is 0 Å². The van der Waals surface area contributed by atoms with E-state index in [0.717, 1.165) is 17.4 Å². The van der Waals surface area contributed by atoms with Crippen molar-refractivity contribution in [2.24, 2.45) is 0 Å². The van der Waals surface area contributed by atoms with Crippen LogP contribution in [0, 0.1) is 18.6 Å². The molecule has 0 N–H and O–H groups in total. The lowest BCUT2D eigenvalue weighted by Gasteiger charge is -2.27. The number of benzene rings is 2. The van der Waals surface area contributed by atoms with Gasteiger partial charge < -0.3 is 13.7 Å². The molecule has 0 radical (unpaired) electrons. The van der Waals surface area contributed by atoms with E-state index in [0.29, 0.717) is 43.1 Å². The van der Waals surface area contributed by atoms with Crippen molar-refractivity contribution in [1.29, 1.82) is 0 Å². The van der Waals surface area contributed by atoms with Crippen LogP contribution in [0.3, 0.4) is 0 Å². The minimum Gasteiger partial charge on any atom is -0.468 e. The number of furan rings is 2. The van der Waals surface area contributed by atoms with Gasteiger partial charge in [0.15, 0.2) is 0 Å². The number of carbonyl (C=O) groups is 1. The van der Waals surface area contributed by atoms with Crippen LogP contribution in [0.4, 0.5) is 8.78 Å². The zero-order valence-electron chi connectivity index (χ0n) is 19.6. The SMILES string of the molecule is Cc1ccc(CN(CCc2ccccc2)C(=O)CN(Cc2cc(F)cc(F)c2)Cc2ccco2)o1. The van der Waals surface area contributed by atoms with Gasteiger partial charge in [0.1, 0.15) is 28.9 Å². The molecule has 4 aromatic rings. The number of rotatable bonds is 11. The molecule has 0 bridgehead atoms. The van der Waals surface area contributed by atoms with Gasteiger partial charge in [-0.15, -0.1) is 0 Å². The maximum Gasteiger partial charge on any atom is 0.237 e. The van der Waals surface area contributed by atoms with Crippen LogP contribution in [0.5, 0.6) is 0 Å². The van der Waals surface area contributed by atoms with E-state index >= 15 is 0 Å². The molecule has 7 heteroatoms. The second-order valence-corrected chi connectivity index (χ2v) is 8.57. The van der Waals surface area contributed by atoms with Crippen LogP contribution < -0.4 is 0 Å².